The molecule has 0 aliphatic carbocycles. The van der Waals surface area contributed by atoms with Crippen LogP contribution in [0.4, 0.5) is 0 Å². The summed E-state index contributed by atoms with van der Waals surface area (Å²) in [6.07, 6.45) is 0.803. The van der Waals surface area contributed by atoms with Gasteiger partial charge in [0.1, 0.15) is 10.8 Å². The Morgan fingerprint density at radius 3 is 2.72 bits per heavy atom. The smallest absolute Gasteiger partial charge is 0.213 e. The standard InChI is InChI=1S/C12H11ClIN3O/c1-3-7-10(14)11(13)17-12(16-7)8-5-4-6-9(15-8)18-2/h4-6H,3H2,1-2H3. The fraction of sp³-hybridized carbons (Fsp3) is 0.250. The van der Waals surface area contributed by atoms with E-state index in [-0.39, 0.29) is 0 Å². The van der Waals surface area contributed by atoms with Gasteiger partial charge in [-0.1, -0.05) is 24.6 Å². The van der Waals surface area contributed by atoms with Gasteiger partial charge in [-0.2, -0.15) is 0 Å². The summed E-state index contributed by atoms with van der Waals surface area (Å²) in [5.41, 5.74) is 1.58. The molecule has 0 N–H and O–H groups in total. The van der Waals surface area contributed by atoms with Gasteiger partial charge >= 0.3 is 0 Å². The molecule has 0 aromatic carbocycles. The van der Waals surface area contributed by atoms with E-state index in [0.29, 0.717) is 22.6 Å². The lowest BCUT2D eigenvalue weighted by Gasteiger charge is -2.07. The number of pyridine rings is 1. The zero-order chi connectivity index (χ0) is 13.1. The molecule has 0 unspecified atom stereocenters. The third-order valence-corrected chi connectivity index (χ3v) is 4.10. The van der Waals surface area contributed by atoms with Crippen LogP contribution in [0.2, 0.25) is 5.15 Å². The molecule has 2 aromatic heterocycles. The molecule has 0 aliphatic rings. The topological polar surface area (TPSA) is 47.9 Å². The van der Waals surface area contributed by atoms with Gasteiger partial charge in [0.2, 0.25) is 5.88 Å². The van der Waals surface area contributed by atoms with Gasteiger partial charge < -0.3 is 4.74 Å². The third-order valence-electron chi connectivity index (χ3n) is 2.38. The summed E-state index contributed by atoms with van der Waals surface area (Å²) in [6, 6.07) is 5.46. The Morgan fingerprint density at radius 2 is 2.06 bits per heavy atom. The van der Waals surface area contributed by atoms with Crippen molar-refractivity contribution in [2.75, 3.05) is 7.11 Å². The highest BCUT2D eigenvalue weighted by molar-refractivity contribution is 14.1. The van der Waals surface area contributed by atoms with Gasteiger partial charge in [0.25, 0.3) is 0 Å². The van der Waals surface area contributed by atoms with Gasteiger partial charge in [-0.05, 0) is 35.1 Å². The first kappa shape index (κ1) is 13.5. The SMILES string of the molecule is CCc1nc(-c2cccc(OC)n2)nc(Cl)c1I. The molecule has 18 heavy (non-hydrogen) atoms. The number of hydrogen-bond donors (Lipinski definition) is 0. The van der Waals surface area contributed by atoms with Crippen LogP contribution in [0.25, 0.3) is 11.5 Å². The van der Waals surface area contributed by atoms with Crippen molar-refractivity contribution in [1.29, 1.82) is 0 Å². The average Bonchev–Trinajstić information content (AvgIpc) is 2.41. The Balaban J connectivity index is 2.53. The van der Waals surface area contributed by atoms with Crippen molar-refractivity contribution in [1.82, 2.24) is 15.0 Å². The zero-order valence-electron chi connectivity index (χ0n) is 9.94. The number of halogens is 2. The molecule has 0 saturated heterocycles. The maximum absolute atomic E-state index is 6.10. The highest BCUT2D eigenvalue weighted by Crippen LogP contribution is 2.24. The lowest BCUT2D eigenvalue weighted by molar-refractivity contribution is 0.398. The van der Waals surface area contributed by atoms with Crippen molar-refractivity contribution in [2.24, 2.45) is 0 Å². The van der Waals surface area contributed by atoms with Crippen molar-refractivity contribution < 1.29 is 4.74 Å². The summed E-state index contributed by atoms with van der Waals surface area (Å²) in [6.45, 7) is 2.03. The minimum atomic E-state index is 0.460. The Morgan fingerprint density at radius 1 is 1.28 bits per heavy atom. The molecule has 2 rings (SSSR count). The number of aromatic nitrogens is 3. The van der Waals surface area contributed by atoms with E-state index in [1.807, 2.05) is 19.1 Å². The van der Waals surface area contributed by atoms with Crippen LogP contribution in [0.15, 0.2) is 18.2 Å². The fourth-order valence-electron chi connectivity index (χ4n) is 1.46. The first-order chi connectivity index (χ1) is 8.65. The van der Waals surface area contributed by atoms with E-state index in [4.69, 9.17) is 16.3 Å². The van der Waals surface area contributed by atoms with E-state index < -0.39 is 0 Å². The number of hydrogen-bond acceptors (Lipinski definition) is 4. The van der Waals surface area contributed by atoms with Crippen LogP contribution >= 0.6 is 34.2 Å². The van der Waals surface area contributed by atoms with Crippen molar-refractivity contribution in [2.45, 2.75) is 13.3 Å². The minimum absolute atomic E-state index is 0.460. The summed E-state index contributed by atoms with van der Waals surface area (Å²) in [7, 11) is 1.57. The van der Waals surface area contributed by atoms with E-state index >= 15 is 0 Å². The molecular weight excluding hydrogens is 365 g/mol. The number of rotatable bonds is 3. The van der Waals surface area contributed by atoms with Gasteiger partial charge in [0.05, 0.1) is 16.4 Å². The normalized spacial score (nSPS) is 10.4. The molecule has 0 bridgehead atoms. The first-order valence-electron chi connectivity index (χ1n) is 5.39. The molecule has 0 saturated carbocycles. The van der Waals surface area contributed by atoms with E-state index in [9.17, 15) is 0 Å². The summed E-state index contributed by atoms with van der Waals surface area (Å²) < 4.78 is 5.98. The maximum atomic E-state index is 6.10. The Kier molecular flexibility index (Phi) is 4.34. The second kappa shape index (κ2) is 5.79. The number of ether oxygens (including phenoxy) is 1. The molecule has 6 heteroatoms. The molecule has 2 heterocycles. The summed E-state index contributed by atoms with van der Waals surface area (Å²) in [4.78, 5) is 13.0. The number of aryl methyl sites for hydroxylation is 1. The highest BCUT2D eigenvalue weighted by atomic mass is 127. The highest BCUT2D eigenvalue weighted by Gasteiger charge is 2.12. The van der Waals surface area contributed by atoms with Gasteiger partial charge in [0, 0.05) is 6.07 Å². The second-order valence-corrected chi connectivity index (χ2v) is 4.95. The molecule has 0 radical (unpaired) electrons. The lowest BCUT2D eigenvalue weighted by atomic mass is 10.3. The monoisotopic (exact) mass is 375 g/mol. The predicted octanol–water partition coefficient (Wildman–Crippen LogP) is 3.37. The Hall–Kier alpha value is -0.950. The first-order valence-corrected chi connectivity index (χ1v) is 6.84. The number of nitrogens with zero attached hydrogens (tertiary/aromatic N) is 3. The average molecular weight is 376 g/mol. The predicted molar refractivity (Wildman–Crippen MR) is 78.9 cm³/mol. The van der Waals surface area contributed by atoms with E-state index in [2.05, 4.69) is 37.5 Å². The Labute approximate surface area is 124 Å². The van der Waals surface area contributed by atoms with Crippen LogP contribution in [-0.2, 0) is 6.42 Å². The molecule has 0 spiro atoms. The third kappa shape index (κ3) is 2.72. The van der Waals surface area contributed by atoms with Crippen molar-refractivity contribution >= 4 is 34.2 Å². The molecule has 4 nitrogen and oxygen atoms in total. The molecule has 0 fully saturated rings. The Bertz CT molecular complexity index is 577. The maximum Gasteiger partial charge on any atom is 0.213 e. The summed E-state index contributed by atoms with van der Waals surface area (Å²) >= 11 is 8.26. The summed E-state index contributed by atoms with van der Waals surface area (Å²) in [5, 5.41) is 0.460. The largest absolute Gasteiger partial charge is 0.481 e. The van der Waals surface area contributed by atoms with Gasteiger partial charge in [-0.25, -0.2) is 15.0 Å². The molecule has 0 atom stereocenters. The summed E-state index contributed by atoms with van der Waals surface area (Å²) in [5.74, 6) is 1.06. The van der Waals surface area contributed by atoms with E-state index in [0.717, 1.165) is 15.7 Å². The molecule has 0 amide bonds. The zero-order valence-corrected chi connectivity index (χ0v) is 12.9. The van der Waals surface area contributed by atoms with Gasteiger partial charge in [-0.15, -0.1) is 0 Å². The van der Waals surface area contributed by atoms with Crippen LogP contribution in [0, 0.1) is 3.57 Å². The van der Waals surface area contributed by atoms with Crippen LogP contribution in [0.1, 0.15) is 12.6 Å². The molecule has 0 aliphatic heterocycles. The van der Waals surface area contributed by atoms with Crippen molar-refractivity contribution in [3.05, 3.63) is 32.6 Å². The van der Waals surface area contributed by atoms with Crippen LogP contribution in [0.5, 0.6) is 5.88 Å². The van der Waals surface area contributed by atoms with Crippen LogP contribution in [0.3, 0.4) is 0 Å². The molecular formula is C12H11ClIN3O. The quantitative estimate of drug-likeness (QED) is 0.610. The lowest BCUT2D eigenvalue weighted by Crippen LogP contribution is -2.01. The van der Waals surface area contributed by atoms with E-state index in [1.165, 1.54) is 0 Å². The van der Waals surface area contributed by atoms with Crippen molar-refractivity contribution in [3.63, 3.8) is 0 Å². The second-order valence-electron chi connectivity index (χ2n) is 3.52. The van der Waals surface area contributed by atoms with Crippen LogP contribution < -0.4 is 4.74 Å². The molecule has 2 aromatic rings. The van der Waals surface area contributed by atoms with Crippen molar-refractivity contribution in [3.8, 4) is 17.4 Å². The molecule has 94 valence electrons. The fourth-order valence-corrected chi connectivity index (χ4v) is 2.28. The van der Waals surface area contributed by atoms with E-state index in [1.54, 1.807) is 13.2 Å². The number of methoxy groups -OCH3 is 1. The van der Waals surface area contributed by atoms with Crippen LogP contribution in [-0.4, -0.2) is 22.1 Å². The van der Waals surface area contributed by atoms with Gasteiger partial charge in [-0.3, -0.25) is 0 Å². The van der Waals surface area contributed by atoms with Gasteiger partial charge in [0.15, 0.2) is 5.82 Å². The minimum Gasteiger partial charge on any atom is -0.481 e.